The van der Waals surface area contributed by atoms with Gasteiger partial charge in [-0.2, -0.15) is 0 Å². The molecule has 29 heavy (non-hydrogen) atoms. The normalized spacial score (nSPS) is 13.3. The van der Waals surface area contributed by atoms with Crippen LogP contribution in [0.2, 0.25) is 5.02 Å². The minimum Gasteiger partial charge on any atom is -0.461 e. The van der Waals surface area contributed by atoms with Gasteiger partial charge < -0.3 is 14.2 Å². The Labute approximate surface area is 175 Å². The first-order chi connectivity index (χ1) is 13.8. The fourth-order valence-electron chi connectivity index (χ4n) is 3.62. The van der Waals surface area contributed by atoms with Crippen LogP contribution >= 0.6 is 11.6 Å². The highest BCUT2D eigenvalue weighted by Gasteiger charge is 2.36. The molecule has 1 aliphatic rings. The number of carbonyl (C=O) groups excluding carboxylic acids is 3. The predicted octanol–water partition coefficient (Wildman–Crippen LogP) is 3.96. The Kier molecular flexibility index (Phi) is 6.13. The van der Waals surface area contributed by atoms with Gasteiger partial charge in [-0.3, -0.25) is 9.59 Å². The predicted molar refractivity (Wildman–Crippen MR) is 111 cm³/mol. The van der Waals surface area contributed by atoms with Crippen molar-refractivity contribution in [2.24, 2.45) is 7.05 Å². The maximum atomic E-state index is 13.2. The SMILES string of the molecule is CCOC(=O)c1c(C)c(C(=O)CN(C(=O)c2ccc(Cl)cc2)C2CC2)c(C)n1C. The summed E-state index contributed by atoms with van der Waals surface area (Å²) in [6, 6.07) is 6.73. The monoisotopic (exact) mass is 416 g/mol. The summed E-state index contributed by atoms with van der Waals surface area (Å²) in [5.41, 5.74) is 2.62. The number of nitrogens with zero attached hydrogens (tertiary/aromatic N) is 2. The Morgan fingerprint density at radius 1 is 1.17 bits per heavy atom. The number of aromatic nitrogens is 1. The molecule has 3 rings (SSSR count). The molecule has 2 aromatic rings. The van der Waals surface area contributed by atoms with Crippen molar-refractivity contribution >= 4 is 29.3 Å². The summed E-state index contributed by atoms with van der Waals surface area (Å²) in [4.78, 5) is 40.1. The van der Waals surface area contributed by atoms with E-state index in [0.29, 0.717) is 33.1 Å². The number of esters is 1. The molecular formula is C22H25ClN2O4. The number of benzene rings is 1. The number of halogens is 1. The van der Waals surface area contributed by atoms with Gasteiger partial charge in [-0.05, 0) is 63.4 Å². The molecule has 1 saturated carbocycles. The Morgan fingerprint density at radius 2 is 1.79 bits per heavy atom. The summed E-state index contributed by atoms with van der Waals surface area (Å²) in [7, 11) is 1.74. The van der Waals surface area contributed by atoms with Crippen molar-refractivity contribution in [1.82, 2.24) is 9.47 Å². The smallest absolute Gasteiger partial charge is 0.355 e. The summed E-state index contributed by atoms with van der Waals surface area (Å²) >= 11 is 5.92. The van der Waals surface area contributed by atoms with E-state index in [2.05, 4.69) is 0 Å². The standard InChI is InChI=1S/C22H25ClN2O4/c1-5-29-22(28)20-13(2)19(14(3)24(20)4)18(26)12-25(17-10-11-17)21(27)15-6-8-16(23)9-7-15/h6-9,17H,5,10-12H2,1-4H3. The summed E-state index contributed by atoms with van der Waals surface area (Å²) < 4.78 is 6.81. The van der Waals surface area contributed by atoms with Crippen LogP contribution in [-0.4, -0.2) is 46.3 Å². The molecule has 0 bridgehead atoms. The van der Waals surface area contributed by atoms with Crippen molar-refractivity contribution in [1.29, 1.82) is 0 Å². The molecule has 0 spiro atoms. The van der Waals surface area contributed by atoms with Crippen LogP contribution in [0.5, 0.6) is 0 Å². The molecule has 1 heterocycles. The highest BCUT2D eigenvalue weighted by molar-refractivity contribution is 6.30. The molecule has 6 nitrogen and oxygen atoms in total. The number of amides is 1. The zero-order valence-electron chi connectivity index (χ0n) is 17.1. The van der Waals surface area contributed by atoms with Gasteiger partial charge in [0.1, 0.15) is 5.69 Å². The van der Waals surface area contributed by atoms with Crippen LogP contribution in [0.1, 0.15) is 62.2 Å². The number of Topliss-reactive ketones (excluding diaryl/α,β-unsaturated/α-hetero) is 1. The van der Waals surface area contributed by atoms with Gasteiger partial charge in [0.05, 0.1) is 13.2 Å². The van der Waals surface area contributed by atoms with Gasteiger partial charge in [0.15, 0.2) is 5.78 Å². The number of hydrogen-bond donors (Lipinski definition) is 0. The summed E-state index contributed by atoms with van der Waals surface area (Å²) in [6.07, 6.45) is 1.76. The van der Waals surface area contributed by atoms with E-state index in [9.17, 15) is 14.4 Å². The van der Waals surface area contributed by atoms with Crippen molar-refractivity contribution in [3.63, 3.8) is 0 Å². The van der Waals surface area contributed by atoms with E-state index in [1.165, 1.54) is 0 Å². The molecule has 7 heteroatoms. The summed E-state index contributed by atoms with van der Waals surface area (Å²) in [6.45, 7) is 5.52. The molecule has 1 fully saturated rings. The van der Waals surface area contributed by atoms with Crippen molar-refractivity contribution in [2.75, 3.05) is 13.2 Å². The lowest BCUT2D eigenvalue weighted by Crippen LogP contribution is -2.37. The fraction of sp³-hybridized carbons (Fsp3) is 0.409. The summed E-state index contributed by atoms with van der Waals surface area (Å²) in [5, 5.41) is 0.553. The molecule has 0 N–H and O–H groups in total. The van der Waals surface area contributed by atoms with Gasteiger partial charge in [-0.1, -0.05) is 11.6 Å². The van der Waals surface area contributed by atoms with Crippen molar-refractivity contribution in [2.45, 2.75) is 39.7 Å². The van der Waals surface area contributed by atoms with Crippen LogP contribution in [0.25, 0.3) is 0 Å². The quantitative estimate of drug-likeness (QED) is 0.506. The van der Waals surface area contributed by atoms with E-state index in [-0.39, 0.29) is 30.9 Å². The molecule has 1 aromatic carbocycles. The number of ketones is 1. The first kappa shape index (κ1) is 21.1. The minimum absolute atomic E-state index is 0.0277. The summed E-state index contributed by atoms with van der Waals surface area (Å²) in [5.74, 6) is -0.819. The molecule has 1 aliphatic carbocycles. The highest BCUT2D eigenvalue weighted by Crippen LogP contribution is 2.30. The van der Waals surface area contributed by atoms with Crippen molar-refractivity contribution in [3.8, 4) is 0 Å². The molecule has 1 aromatic heterocycles. The Balaban J connectivity index is 1.88. The Bertz CT molecular complexity index is 958. The lowest BCUT2D eigenvalue weighted by Gasteiger charge is -2.22. The largest absolute Gasteiger partial charge is 0.461 e. The van der Waals surface area contributed by atoms with Gasteiger partial charge in [0, 0.05) is 34.9 Å². The van der Waals surface area contributed by atoms with Gasteiger partial charge in [0.2, 0.25) is 0 Å². The lowest BCUT2D eigenvalue weighted by molar-refractivity contribution is 0.0514. The number of carbonyl (C=O) groups is 3. The molecule has 0 unspecified atom stereocenters. The zero-order valence-corrected chi connectivity index (χ0v) is 17.9. The molecule has 154 valence electrons. The number of rotatable bonds is 7. The van der Waals surface area contributed by atoms with Crippen molar-refractivity contribution in [3.05, 3.63) is 57.4 Å². The maximum absolute atomic E-state index is 13.2. The van der Waals surface area contributed by atoms with Gasteiger partial charge in [-0.25, -0.2) is 4.79 Å². The molecule has 1 amide bonds. The van der Waals surface area contributed by atoms with E-state index in [1.807, 2.05) is 0 Å². The van der Waals surface area contributed by atoms with Gasteiger partial charge in [-0.15, -0.1) is 0 Å². The maximum Gasteiger partial charge on any atom is 0.355 e. The lowest BCUT2D eigenvalue weighted by atomic mass is 10.0. The van der Waals surface area contributed by atoms with E-state index < -0.39 is 5.97 Å². The zero-order chi connectivity index (χ0) is 21.3. The second-order valence-electron chi connectivity index (χ2n) is 7.31. The molecule has 0 aliphatic heterocycles. The first-order valence-corrected chi connectivity index (χ1v) is 10.1. The second kappa shape index (κ2) is 8.41. The number of ether oxygens (including phenoxy) is 1. The first-order valence-electron chi connectivity index (χ1n) is 9.69. The van der Waals surface area contributed by atoms with Crippen LogP contribution in [0, 0.1) is 13.8 Å². The Morgan fingerprint density at radius 3 is 2.34 bits per heavy atom. The average Bonchev–Trinajstić information content (AvgIpc) is 3.48. The van der Waals surface area contributed by atoms with Crippen LogP contribution < -0.4 is 0 Å². The van der Waals surface area contributed by atoms with Crippen molar-refractivity contribution < 1.29 is 19.1 Å². The third-order valence-corrected chi connectivity index (χ3v) is 5.58. The van der Waals surface area contributed by atoms with Gasteiger partial charge in [0.25, 0.3) is 5.91 Å². The topological polar surface area (TPSA) is 68.6 Å². The van der Waals surface area contributed by atoms with E-state index in [4.69, 9.17) is 16.3 Å². The second-order valence-corrected chi connectivity index (χ2v) is 7.74. The average molecular weight is 417 g/mol. The highest BCUT2D eigenvalue weighted by atomic mass is 35.5. The Hall–Kier alpha value is -2.60. The molecule has 0 saturated heterocycles. The van der Waals surface area contributed by atoms with Crippen LogP contribution in [-0.2, 0) is 11.8 Å². The fourth-order valence-corrected chi connectivity index (χ4v) is 3.75. The van der Waals surface area contributed by atoms with E-state index in [1.54, 1.807) is 61.6 Å². The molecule has 0 atom stereocenters. The van der Waals surface area contributed by atoms with Crippen LogP contribution in [0.15, 0.2) is 24.3 Å². The third kappa shape index (κ3) is 4.22. The van der Waals surface area contributed by atoms with Crippen LogP contribution in [0.4, 0.5) is 0 Å². The molecule has 0 radical (unpaired) electrons. The minimum atomic E-state index is -0.453. The third-order valence-electron chi connectivity index (χ3n) is 5.33. The molecular weight excluding hydrogens is 392 g/mol. The van der Waals surface area contributed by atoms with Gasteiger partial charge >= 0.3 is 5.97 Å². The van der Waals surface area contributed by atoms with E-state index >= 15 is 0 Å². The van der Waals surface area contributed by atoms with Crippen LogP contribution in [0.3, 0.4) is 0 Å². The van der Waals surface area contributed by atoms with E-state index in [0.717, 1.165) is 12.8 Å². The number of hydrogen-bond acceptors (Lipinski definition) is 4.